The highest BCUT2D eigenvalue weighted by molar-refractivity contribution is 7.78. The minimum absolute atomic E-state index is 0.573. The first-order chi connectivity index (χ1) is 4.84. The van der Waals surface area contributed by atoms with Crippen LogP contribution in [0.1, 0.15) is 0 Å². The van der Waals surface area contributed by atoms with Gasteiger partial charge in [-0.1, -0.05) is 23.7 Å². The number of benzene rings is 1. The van der Waals surface area contributed by atoms with Crippen molar-refractivity contribution in [2.75, 3.05) is 0 Å². The molecule has 10 heavy (non-hydrogen) atoms. The molecule has 0 radical (unpaired) electrons. The van der Waals surface area contributed by atoms with Crippen LogP contribution in [0.5, 0.6) is 5.75 Å². The van der Waals surface area contributed by atoms with Crippen molar-refractivity contribution >= 4 is 29.4 Å². The molecular formula is C7H5ClOS. The van der Waals surface area contributed by atoms with E-state index in [0.717, 1.165) is 0 Å². The third-order valence-corrected chi connectivity index (χ3v) is 1.42. The highest BCUT2D eigenvalue weighted by Gasteiger charge is 1.95. The molecule has 0 saturated heterocycles. The second kappa shape index (κ2) is 3.54. The van der Waals surface area contributed by atoms with Gasteiger partial charge in [0.05, 0.1) is 5.02 Å². The Kier molecular flexibility index (Phi) is 2.66. The van der Waals surface area contributed by atoms with E-state index in [1.165, 1.54) is 5.55 Å². The molecule has 0 heterocycles. The molecule has 52 valence electrons. The number of ether oxygens (including phenoxy) is 1. The van der Waals surface area contributed by atoms with Crippen LogP contribution < -0.4 is 4.74 Å². The Balaban J connectivity index is 2.91. The molecule has 0 fully saturated rings. The van der Waals surface area contributed by atoms with Gasteiger partial charge in [0, 0.05) is 0 Å². The average Bonchev–Trinajstić information content (AvgIpc) is 1.94. The van der Waals surface area contributed by atoms with Crippen LogP contribution in [-0.2, 0) is 0 Å². The lowest BCUT2D eigenvalue weighted by Gasteiger charge is -1.98. The Labute approximate surface area is 69.6 Å². The molecule has 0 amide bonds. The largest absolute Gasteiger partial charge is 0.452 e. The van der Waals surface area contributed by atoms with Gasteiger partial charge in [0.25, 0.3) is 0 Å². The number of thiocarbonyl (C=S) groups is 1. The van der Waals surface area contributed by atoms with Gasteiger partial charge >= 0.3 is 0 Å². The zero-order valence-corrected chi connectivity index (χ0v) is 6.65. The molecule has 0 bridgehead atoms. The summed E-state index contributed by atoms with van der Waals surface area (Å²) in [5, 5.41) is 0.573. The molecule has 0 spiro atoms. The lowest BCUT2D eigenvalue weighted by molar-refractivity contribution is 0.586. The number of hydrogen-bond donors (Lipinski definition) is 0. The van der Waals surface area contributed by atoms with Crippen molar-refractivity contribution in [3.05, 3.63) is 29.3 Å². The fraction of sp³-hybridized carbons (Fsp3) is 0. The van der Waals surface area contributed by atoms with E-state index < -0.39 is 0 Å². The van der Waals surface area contributed by atoms with Crippen LogP contribution in [0.3, 0.4) is 0 Å². The lowest BCUT2D eigenvalue weighted by Crippen LogP contribution is -1.85. The van der Waals surface area contributed by atoms with E-state index in [2.05, 4.69) is 12.2 Å². The fourth-order valence-electron chi connectivity index (χ4n) is 0.592. The van der Waals surface area contributed by atoms with E-state index >= 15 is 0 Å². The van der Waals surface area contributed by atoms with Gasteiger partial charge < -0.3 is 4.74 Å². The summed E-state index contributed by atoms with van der Waals surface area (Å²) >= 11 is 10.2. The van der Waals surface area contributed by atoms with Crippen LogP contribution in [0.4, 0.5) is 0 Å². The summed E-state index contributed by atoms with van der Waals surface area (Å²) < 4.78 is 4.89. The fourth-order valence-corrected chi connectivity index (χ4v) is 0.876. The summed E-state index contributed by atoms with van der Waals surface area (Å²) in [5.74, 6) is 0.596. The Morgan fingerprint density at radius 3 is 2.70 bits per heavy atom. The third-order valence-electron chi connectivity index (χ3n) is 1.01. The van der Waals surface area contributed by atoms with Crippen molar-refractivity contribution in [3.8, 4) is 5.75 Å². The monoisotopic (exact) mass is 172 g/mol. The van der Waals surface area contributed by atoms with Crippen molar-refractivity contribution in [1.29, 1.82) is 0 Å². The summed E-state index contributed by atoms with van der Waals surface area (Å²) in [6, 6.07) is 7.17. The van der Waals surface area contributed by atoms with Gasteiger partial charge in [0.15, 0.2) is 5.55 Å². The molecule has 1 rings (SSSR count). The third kappa shape index (κ3) is 1.69. The van der Waals surface area contributed by atoms with E-state index in [4.69, 9.17) is 16.3 Å². The minimum atomic E-state index is 0.573. The number of halogens is 1. The second-order valence-corrected chi connectivity index (χ2v) is 2.24. The van der Waals surface area contributed by atoms with Crippen molar-refractivity contribution in [3.63, 3.8) is 0 Å². The van der Waals surface area contributed by atoms with Gasteiger partial charge in [0.1, 0.15) is 5.75 Å². The molecule has 1 aromatic rings. The van der Waals surface area contributed by atoms with Crippen molar-refractivity contribution in [2.45, 2.75) is 0 Å². The predicted molar refractivity (Wildman–Crippen MR) is 45.7 cm³/mol. The van der Waals surface area contributed by atoms with Crippen LogP contribution in [0.2, 0.25) is 5.02 Å². The molecule has 0 aliphatic heterocycles. The molecule has 0 aliphatic rings. The highest BCUT2D eigenvalue weighted by Crippen LogP contribution is 2.22. The molecule has 0 aliphatic carbocycles. The Morgan fingerprint density at radius 2 is 2.10 bits per heavy atom. The van der Waals surface area contributed by atoms with Gasteiger partial charge in [-0.05, 0) is 24.4 Å². The molecule has 1 nitrogen and oxygen atoms in total. The minimum Gasteiger partial charge on any atom is -0.452 e. The predicted octanol–water partition coefficient (Wildman–Crippen LogP) is 2.68. The number of rotatable bonds is 2. The summed E-state index contributed by atoms with van der Waals surface area (Å²) in [6.07, 6.45) is 0. The molecule has 1 aromatic carbocycles. The highest BCUT2D eigenvalue weighted by atomic mass is 35.5. The van der Waals surface area contributed by atoms with E-state index in [1.807, 2.05) is 12.1 Å². The van der Waals surface area contributed by atoms with Crippen molar-refractivity contribution < 1.29 is 4.74 Å². The Bertz CT molecular complexity index is 237. The summed E-state index contributed by atoms with van der Waals surface area (Å²) in [6.45, 7) is 0. The van der Waals surface area contributed by atoms with E-state index in [9.17, 15) is 0 Å². The van der Waals surface area contributed by atoms with E-state index in [-0.39, 0.29) is 0 Å². The van der Waals surface area contributed by atoms with Crippen molar-refractivity contribution in [2.24, 2.45) is 0 Å². The molecular weight excluding hydrogens is 168 g/mol. The maximum atomic E-state index is 5.71. The summed E-state index contributed by atoms with van der Waals surface area (Å²) in [4.78, 5) is 0. The molecule has 0 saturated carbocycles. The normalized spacial score (nSPS) is 8.90. The van der Waals surface area contributed by atoms with Gasteiger partial charge in [0.2, 0.25) is 0 Å². The van der Waals surface area contributed by atoms with Gasteiger partial charge in [-0.3, -0.25) is 0 Å². The zero-order chi connectivity index (χ0) is 7.40. The summed E-state index contributed by atoms with van der Waals surface area (Å²) in [7, 11) is 0. The molecule has 0 unspecified atom stereocenters. The standard InChI is InChI=1S/C7H5ClOS/c8-6-3-1-2-4-7(6)9-5-10/h1-5H. The van der Waals surface area contributed by atoms with Gasteiger partial charge in [-0.2, -0.15) is 0 Å². The van der Waals surface area contributed by atoms with Crippen LogP contribution >= 0.6 is 23.8 Å². The first kappa shape index (κ1) is 7.51. The van der Waals surface area contributed by atoms with Crippen LogP contribution in [-0.4, -0.2) is 5.55 Å². The van der Waals surface area contributed by atoms with Crippen molar-refractivity contribution in [1.82, 2.24) is 0 Å². The first-order valence-corrected chi connectivity index (χ1v) is 3.54. The van der Waals surface area contributed by atoms with Crippen LogP contribution in [0, 0.1) is 0 Å². The first-order valence-electron chi connectivity index (χ1n) is 2.69. The number of para-hydroxylation sites is 1. The lowest BCUT2D eigenvalue weighted by atomic mass is 10.3. The molecule has 0 atom stereocenters. The second-order valence-electron chi connectivity index (χ2n) is 1.64. The van der Waals surface area contributed by atoms with Crippen LogP contribution in [0.15, 0.2) is 24.3 Å². The molecule has 0 aromatic heterocycles. The molecule has 0 N–H and O–H groups in total. The Morgan fingerprint density at radius 1 is 1.40 bits per heavy atom. The maximum Gasteiger partial charge on any atom is 0.154 e. The summed E-state index contributed by atoms with van der Waals surface area (Å²) in [5.41, 5.74) is 1.18. The van der Waals surface area contributed by atoms with E-state index in [0.29, 0.717) is 10.8 Å². The SMILES string of the molecule is S=COc1ccccc1Cl. The Hall–Kier alpha value is -0.600. The van der Waals surface area contributed by atoms with Gasteiger partial charge in [-0.25, -0.2) is 0 Å². The van der Waals surface area contributed by atoms with E-state index in [1.54, 1.807) is 12.1 Å². The average molecular weight is 173 g/mol. The topological polar surface area (TPSA) is 9.23 Å². The molecule has 3 heteroatoms. The number of hydrogen-bond acceptors (Lipinski definition) is 2. The smallest absolute Gasteiger partial charge is 0.154 e. The van der Waals surface area contributed by atoms with Gasteiger partial charge in [-0.15, -0.1) is 0 Å². The maximum absolute atomic E-state index is 5.71. The van der Waals surface area contributed by atoms with Crippen LogP contribution in [0.25, 0.3) is 0 Å². The zero-order valence-electron chi connectivity index (χ0n) is 5.08. The quantitative estimate of drug-likeness (QED) is 0.635.